The number of amides is 2. The van der Waals surface area contributed by atoms with E-state index >= 15 is 0 Å². The number of aromatic nitrogens is 1. The molecule has 2 aromatic rings. The lowest BCUT2D eigenvalue weighted by Crippen LogP contribution is -2.42. The van der Waals surface area contributed by atoms with Crippen LogP contribution in [-0.4, -0.2) is 35.0 Å². The summed E-state index contributed by atoms with van der Waals surface area (Å²) in [5, 5.41) is 1.50. The summed E-state index contributed by atoms with van der Waals surface area (Å²) in [4.78, 5) is 37.7. The molecule has 2 heterocycles. The Morgan fingerprint density at radius 2 is 1.84 bits per heavy atom. The molecule has 0 bridgehead atoms. The van der Waals surface area contributed by atoms with Gasteiger partial charge in [0, 0.05) is 29.9 Å². The number of allylic oxidation sites excluding steroid dienone is 2. The number of anilines is 1. The van der Waals surface area contributed by atoms with Crippen molar-refractivity contribution in [1.82, 2.24) is 9.88 Å². The summed E-state index contributed by atoms with van der Waals surface area (Å²) in [6.07, 6.45) is 8.50. The predicted octanol–water partition coefficient (Wildman–Crippen LogP) is 5.38. The minimum atomic E-state index is -0.566. The summed E-state index contributed by atoms with van der Waals surface area (Å²) in [5.74, 6) is -0.273. The highest BCUT2D eigenvalue weighted by Crippen LogP contribution is 2.23. The fourth-order valence-electron chi connectivity index (χ4n) is 3.41. The van der Waals surface area contributed by atoms with E-state index in [4.69, 9.17) is 16.4 Å². The van der Waals surface area contributed by atoms with Crippen molar-refractivity contribution in [2.75, 3.05) is 18.2 Å². The molecule has 0 spiro atoms. The van der Waals surface area contributed by atoms with Crippen molar-refractivity contribution in [3.63, 3.8) is 0 Å². The van der Waals surface area contributed by atoms with Gasteiger partial charge in [-0.15, -0.1) is 18.2 Å². The van der Waals surface area contributed by atoms with E-state index in [9.17, 15) is 9.59 Å². The van der Waals surface area contributed by atoms with Crippen molar-refractivity contribution in [3.05, 3.63) is 83.6 Å². The highest BCUT2D eigenvalue weighted by Gasteiger charge is 2.28. The van der Waals surface area contributed by atoms with Gasteiger partial charge >= 0.3 is 6.09 Å². The van der Waals surface area contributed by atoms with E-state index in [2.05, 4.69) is 18.1 Å². The van der Waals surface area contributed by atoms with Gasteiger partial charge < -0.3 is 9.74 Å². The van der Waals surface area contributed by atoms with Gasteiger partial charge in [-0.25, -0.2) is 9.78 Å². The van der Waals surface area contributed by atoms with Crippen LogP contribution in [0.5, 0.6) is 0 Å². The van der Waals surface area contributed by atoms with Crippen LogP contribution in [0.4, 0.5) is 10.6 Å². The Hall–Kier alpha value is -3.12. The number of rotatable bonds is 6. The molecule has 0 N–H and O–H groups in total. The second-order valence-electron chi connectivity index (χ2n) is 7.32. The SMILES string of the molecule is C=CCc1ccnc(N(OC(=O)N2CCCCC2)C(=O)c2ccc(Cl)c(CC=C)c2)c1. The molecule has 1 fully saturated rings. The summed E-state index contributed by atoms with van der Waals surface area (Å²) >= 11 is 6.23. The Morgan fingerprint density at radius 1 is 1.10 bits per heavy atom. The van der Waals surface area contributed by atoms with Gasteiger partial charge in [0.25, 0.3) is 5.91 Å². The van der Waals surface area contributed by atoms with Gasteiger partial charge in [0.05, 0.1) is 0 Å². The number of carbonyl (C=O) groups excluding carboxylic acids is 2. The number of halogens is 1. The summed E-state index contributed by atoms with van der Waals surface area (Å²) in [7, 11) is 0. The molecule has 1 aromatic carbocycles. The molecule has 0 radical (unpaired) electrons. The number of likely N-dealkylation sites (tertiary alicyclic amines) is 1. The summed E-state index contributed by atoms with van der Waals surface area (Å²) < 4.78 is 0. The van der Waals surface area contributed by atoms with Crippen LogP contribution in [0, 0.1) is 0 Å². The number of carbonyl (C=O) groups is 2. The van der Waals surface area contributed by atoms with Gasteiger partial charge in [0.1, 0.15) is 0 Å². The van der Waals surface area contributed by atoms with Crippen molar-refractivity contribution in [2.24, 2.45) is 0 Å². The first-order valence-electron chi connectivity index (χ1n) is 10.3. The van der Waals surface area contributed by atoms with E-state index in [0.717, 1.165) is 35.5 Å². The van der Waals surface area contributed by atoms with Crippen LogP contribution in [0.2, 0.25) is 5.02 Å². The Kier molecular flexibility index (Phi) is 7.84. The van der Waals surface area contributed by atoms with Gasteiger partial charge in [-0.1, -0.05) is 23.8 Å². The Labute approximate surface area is 187 Å². The molecule has 1 aliphatic heterocycles. The van der Waals surface area contributed by atoms with E-state index < -0.39 is 12.0 Å². The average molecular weight is 440 g/mol. The van der Waals surface area contributed by atoms with Crippen LogP contribution >= 0.6 is 11.6 Å². The summed E-state index contributed by atoms with van der Waals surface area (Å²) in [5.41, 5.74) is 2.00. The van der Waals surface area contributed by atoms with Crippen molar-refractivity contribution in [3.8, 4) is 0 Å². The van der Waals surface area contributed by atoms with Crippen molar-refractivity contribution >= 4 is 29.4 Å². The van der Waals surface area contributed by atoms with Crippen LogP contribution in [0.25, 0.3) is 0 Å². The second-order valence-corrected chi connectivity index (χ2v) is 7.73. The normalized spacial score (nSPS) is 13.4. The Morgan fingerprint density at radius 3 is 2.55 bits per heavy atom. The number of benzene rings is 1. The van der Waals surface area contributed by atoms with E-state index in [1.54, 1.807) is 47.5 Å². The summed E-state index contributed by atoms with van der Waals surface area (Å²) in [6, 6.07) is 8.47. The number of pyridine rings is 1. The third-order valence-corrected chi connectivity index (χ3v) is 5.39. The quantitative estimate of drug-likeness (QED) is 0.448. The van der Waals surface area contributed by atoms with Gasteiger partial charge in [0.2, 0.25) is 0 Å². The molecule has 162 valence electrons. The average Bonchev–Trinajstić information content (AvgIpc) is 2.79. The zero-order valence-corrected chi connectivity index (χ0v) is 18.2. The molecular formula is C24H26ClN3O3. The number of hydroxylamine groups is 1. The molecule has 31 heavy (non-hydrogen) atoms. The lowest BCUT2D eigenvalue weighted by molar-refractivity contribution is 0.0631. The fraction of sp³-hybridized carbons (Fsp3) is 0.292. The Bertz CT molecular complexity index is 970. The van der Waals surface area contributed by atoms with Gasteiger partial charge in [0.15, 0.2) is 5.82 Å². The molecule has 0 saturated carbocycles. The van der Waals surface area contributed by atoms with E-state index in [-0.39, 0.29) is 5.82 Å². The maximum atomic E-state index is 13.4. The van der Waals surface area contributed by atoms with Crippen LogP contribution < -0.4 is 5.06 Å². The lowest BCUT2D eigenvalue weighted by Gasteiger charge is -2.28. The molecule has 6 nitrogen and oxygen atoms in total. The van der Waals surface area contributed by atoms with Crippen molar-refractivity contribution < 1.29 is 14.4 Å². The maximum absolute atomic E-state index is 13.4. The van der Waals surface area contributed by atoms with Gasteiger partial charge in [-0.2, -0.15) is 0 Å². The maximum Gasteiger partial charge on any atom is 0.434 e. The second kappa shape index (κ2) is 10.8. The van der Waals surface area contributed by atoms with Gasteiger partial charge in [-0.05, 0) is 73.6 Å². The van der Waals surface area contributed by atoms with E-state index in [1.807, 2.05) is 6.07 Å². The first kappa shape index (κ1) is 22.6. The number of nitrogens with zero attached hydrogens (tertiary/aromatic N) is 3. The number of hydrogen-bond acceptors (Lipinski definition) is 4. The molecule has 1 aliphatic rings. The molecule has 7 heteroatoms. The third-order valence-electron chi connectivity index (χ3n) is 5.02. The highest BCUT2D eigenvalue weighted by molar-refractivity contribution is 6.31. The van der Waals surface area contributed by atoms with Crippen LogP contribution in [-0.2, 0) is 17.7 Å². The minimum Gasteiger partial charge on any atom is -0.312 e. The van der Waals surface area contributed by atoms with E-state index in [1.165, 1.54) is 0 Å². The molecule has 1 aromatic heterocycles. The fourth-order valence-corrected chi connectivity index (χ4v) is 3.60. The van der Waals surface area contributed by atoms with Crippen LogP contribution in [0.15, 0.2) is 61.8 Å². The zero-order chi connectivity index (χ0) is 22.2. The topological polar surface area (TPSA) is 62.7 Å². The minimum absolute atomic E-state index is 0.231. The highest BCUT2D eigenvalue weighted by atomic mass is 35.5. The molecule has 0 aliphatic carbocycles. The molecular weight excluding hydrogens is 414 g/mol. The van der Waals surface area contributed by atoms with Crippen molar-refractivity contribution in [1.29, 1.82) is 0 Å². The standard InChI is InChI=1S/C24H26ClN3O3/c1-3-8-18-12-13-26-22(16-18)28(31-24(30)27-14-6-5-7-15-27)23(29)20-10-11-21(25)19(17-20)9-4-2/h3-4,10-13,16-17H,1-2,5-9,14-15H2. The van der Waals surface area contributed by atoms with E-state index in [0.29, 0.717) is 36.5 Å². The molecule has 0 atom stereocenters. The first-order chi connectivity index (χ1) is 15.0. The van der Waals surface area contributed by atoms with Crippen LogP contribution in [0.1, 0.15) is 40.7 Å². The third kappa shape index (κ3) is 5.73. The largest absolute Gasteiger partial charge is 0.434 e. The molecule has 1 saturated heterocycles. The summed E-state index contributed by atoms with van der Waals surface area (Å²) in [6.45, 7) is 8.68. The van der Waals surface area contributed by atoms with Gasteiger partial charge in [-0.3, -0.25) is 4.79 Å². The predicted molar refractivity (Wildman–Crippen MR) is 122 cm³/mol. The molecule has 3 rings (SSSR count). The zero-order valence-electron chi connectivity index (χ0n) is 17.4. The van der Waals surface area contributed by atoms with Crippen LogP contribution in [0.3, 0.4) is 0 Å². The molecule has 0 unspecified atom stereocenters. The van der Waals surface area contributed by atoms with Crippen molar-refractivity contribution in [2.45, 2.75) is 32.1 Å². The molecule has 2 amide bonds. The lowest BCUT2D eigenvalue weighted by atomic mass is 10.1. The first-order valence-corrected chi connectivity index (χ1v) is 10.7. The number of hydrogen-bond donors (Lipinski definition) is 0. The Balaban J connectivity index is 1.94. The monoisotopic (exact) mass is 439 g/mol. The number of piperidine rings is 1. The smallest absolute Gasteiger partial charge is 0.312 e.